The first-order valence-electron chi connectivity index (χ1n) is 8.18. The zero-order valence-electron chi connectivity index (χ0n) is 14.3. The van der Waals surface area contributed by atoms with Gasteiger partial charge in [-0.3, -0.25) is 4.79 Å². The Bertz CT molecular complexity index is 630. The monoisotopic (exact) mass is 327 g/mol. The number of carbonyl (C=O) groups is 1. The molecule has 2 rings (SSSR count). The summed E-state index contributed by atoms with van der Waals surface area (Å²) in [7, 11) is 4.02. The smallest absolute Gasteiger partial charge is 0.270 e. The van der Waals surface area contributed by atoms with Crippen LogP contribution in [-0.2, 0) is 6.42 Å². The maximum Gasteiger partial charge on any atom is 0.270 e. The van der Waals surface area contributed by atoms with Crippen molar-refractivity contribution in [3.8, 4) is 0 Å². The van der Waals surface area contributed by atoms with Crippen LogP contribution in [0.2, 0.25) is 0 Å². The second kappa shape index (κ2) is 9.62. The number of hydrogen-bond donors (Lipinski definition) is 2. The summed E-state index contributed by atoms with van der Waals surface area (Å²) in [5.74, 6) is 0.502. The Morgan fingerprint density at radius 2 is 1.92 bits per heavy atom. The molecule has 1 amide bonds. The third kappa shape index (κ3) is 6.34. The van der Waals surface area contributed by atoms with Gasteiger partial charge in [0.2, 0.25) is 0 Å². The van der Waals surface area contributed by atoms with Gasteiger partial charge in [-0.25, -0.2) is 9.97 Å². The minimum atomic E-state index is -0.166. The molecule has 0 aliphatic carbocycles. The summed E-state index contributed by atoms with van der Waals surface area (Å²) >= 11 is 0. The Hall–Kier alpha value is -2.47. The Kier molecular flexibility index (Phi) is 7.17. The van der Waals surface area contributed by atoms with E-state index in [0.29, 0.717) is 18.1 Å². The van der Waals surface area contributed by atoms with E-state index in [9.17, 15) is 4.79 Å². The normalized spacial score (nSPS) is 10.6. The largest absolute Gasteiger partial charge is 0.369 e. The highest BCUT2D eigenvalue weighted by Gasteiger charge is 2.08. The van der Waals surface area contributed by atoms with Crippen LogP contribution in [0.5, 0.6) is 0 Å². The van der Waals surface area contributed by atoms with E-state index < -0.39 is 0 Å². The summed E-state index contributed by atoms with van der Waals surface area (Å²) in [6.07, 6.45) is 3.26. The highest BCUT2D eigenvalue weighted by Crippen LogP contribution is 2.04. The molecule has 0 unspecified atom stereocenters. The van der Waals surface area contributed by atoms with Gasteiger partial charge in [-0.15, -0.1) is 0 Å². The van der Waals surface area contributed by atoms with Gasteiger partial charge in [0.05, 0.1) is 0 Å². The molecule has 0 radical (unpaired) electrons. The Morgan fingerprint density at radius 3 is 2.67 bits per heavy atom. The molecule has 0 aliphatic heterocycles. The number of nitrogens with one attached hydrogen (secondary N) is 2. The van der Waals surface area contributed by atoms with E-state index in [0.717, 1.165) is 25.9 Å². The molecule has 0 atom stereocenters. The van der Waals surface area contributed by atoms with Gasteiger partial charge < -0.3 is 15.5 Å². The van der Waals surface area contributed by atoms with E-state index >= 15 is 0 Å². The van der Waals surface area contributed by atoms with Crippen LogP contribution >= 0.6 is 0 Å². The van der Waals surface area contributed by atoms with Gasteiger partial charge in [0.15, 0.2) is 0 Å². The molecule has 1 aromatic carbocycles. The van der Waals surface area contributed by atoms with Crippen molar-refractivity contribution in [3.63, 3.8) is 0 Å². The first-order chi connectivity index (χ1) is 11.6. The number of nitrogens with zero attached hydrogens (tertiary/aromatic N) is 3. The van der Waals surface area contributed by atoms with Gasteiger partial charge in [0.1, 0.15) is 17.8 Å². The molecule has 0 aliphatic rings. The highest BCUT2D eigenvalue weighted by atomic mass is 16.1. The van der Waals surface area contributed by atoms with Crippen LogP contribution in [0, 0.1) is 0 Å². The Balaban J connectivity index is 1.75. The van der Waals surface area contributed by atoms with Crippen LogP contribution in [0.4, 0.5) is 5.82 Å². The lowest BCUT2D eigenvalue weighted by Crippen LogP contribution is -2.26. The Labute approximate surface area is 143 Å². The maximum atomic E-state index is 12.2. The van der Waals surface area contributed by atoms with E-state index in [1.54, 1.807) is 6.07 Å². The van der Waals surface area contributed by atoms with Crippen molar-refractivity contribution in [2.45, 2.75) is 12.8 Å². The summed E-state index contributed by atoms with van der Waals surface area (Å²) in [6, 6.07) is 11.9. The zero-order valence-corrected chi connectivity index (χ0v) is 14.3. The quantitative estimate of drug-likeness (QED) is 0.688. The molecule has 0 saturated carbocycles. The van der Waals surface area contributed by atoms with E-state index in [1.807, 2.05) is 32.3 Å². The van der Waals surface area contributed by atoms with Crippen molar-refractivity contribution >= 4 is 11.7 Å². The van der Waals surface area contributed by atoms with Crippen LogP contribution in [0.3, 0.4) is 0 Å². The van der Waals surface area contributed by atoms with Crippen LogP contribution in [-0.4, -0.2) is 54.5 Å². The molecule has 0 bridgehead atoms. The Morgan fingerprint density at radius 1 is 1.12 bits per heavy atom. The predicted molar refractivity (Wildman–Crippen MR) is 96.2 cm³/mol. The van der Waals surface area contributed by atoms with Crippen molar-refractivity contribution in [2.75, 3.05) is 39.0 Å². The number of amides is 1. The van der Waals surface area contributed by atoms with Crippen LogP contribution in [0.15, 0.2) is 42.7 Å². The number of hydrogen-bond acceptors (Lipinski definition) is 5. The predicted octanol–water partition coefficient (Wildman–Crippen LogP) is 1.81. The molecule has 24 heavy (non-hydrogen) atoms. The average molecular weight is 327 g/mol. The van der Waals surface area contributed by atoms with Crippen molar-refractivity contribution in [2.24, 2.45) is 0 Å². The van der Waals surface area contributed by atoms with Crippen molar-refractivity contribution < 1.29 is 4.79 Å². The summed E-state index contributed by atoms with van der Waals surface area (Å²) < 4.78 is 0. The van der Waals surface area contributed by atoms with Crippen molar-refractivity contribution in [3.05, 3.63) is 54.0 Å². The first kappa shape index (κ1) is 17.9. The van der Waals surface area contributed by atoms with E-state index in [2.05, 4.69) is 37.6 Å². The number of aromatic nitrogens is 2. The second-order valence-electron chi connectivity index (χ2n) is 5.86. The number of carbonyl (C=O) groups excluding carboxylic acids is 1. The topological polar surface area (TPSA) is 70.2 Å². The van der Waals surface area contributed by atoms with Gasteiger partial charge in [-0.05, 0) is 32.5 Å². The van der Waals surface area contributed by atoms with E-state index in [4.69, 9.17) is 0 Å². The summed E-state index contributed by atoms with van der Waals surface area (Å²) in [4.78, 5) is 22.4. The van der Waals surface area contributed by atoms with Gasteiger partial charge in [0.25, 0.3) is 5.91 Å². The molecule has 0 saturated heterocycles. The fourth-order valence-electron chi connectivity index (χ4n) is 2.22. The van der Waals surface area contributed by atoms with Crippen LogP contribution < -0.4 is 10.6 Å². The van der Waals surface area contributed by atoms with E-state index in [-0.39, 0.29) is 5.91 Å². The van der Waals surface area contributed by atoms with Crippen molar-refractivity contribution in [1.29, 1.82) is 0 Å². The zero-order chi connectivity index (χ0) is 17.2. The summed E-state index contributed by atoms with van der Waals surface area (Å²) in [5, 5.41) is 6.09. The molecule has 2 N–H and O–H groups in total. The molecule has 1 aromatic heterocycles. The van der Waals surface area contributed by atoms with Gasteiger partial charge in [-0.1, -0.05) is 30.3 Å². The number of benzene rings is 1. The number of likely N-dealkylation sites (N-methyl/N-ethyl adjacent to an activating group) is 1. The van der Waals surface area contributed by atoms with Crippen LogP contribution in [0.1, 0.15) is 22.5 Å². The minimum Gasteiger partial charge on any atom is -0.369 e. The lowest BCUT2D eigenvalue weighted by atomic mass is 10.1. The lowest BCUT2D eigenvalue weighted by Gasteiger charge is -2.11. The van der Waals surface area contributed by atoms with Gasteiger partial charge in [-0.2, -0.15) is 0 Å². The first-order valence-corrected chi connectivity index (χ1v) is 8.18. The standard InChI is InChI=1S/C18H25N5O/c1-23(2)12-11-19-17-13-16(21-14-22-17)18(24)20-10-6-9-15-7-4-3-5-8-15/h3-5,7-8,13-14H,6,9-12H2,1-2H3,(H,20,24)(H,19,21,22). The molecule has 6 nitrogen and oxygen atoms in total. The SMILES string of the molecule is CN(C)CCNc1cc(C(=O)NCCCc2ccccc2)ncn1. The van der Waals surface area contributed by atoms with E-state index in [1.165, 1.54) is 11.9 Å². The molecule has 6 heteroatoms. The third-order valence-electron chi connectivity index (χ3n) is 3.54. The molecule has 1 heterocycles. The molecular weight excluding hydrogens is 302 g/mol. The highest BCUT2D eigenvalue weighted by molar-refractivity contribution is 5.92. The number of aryl methyl sites for hydroxylation is 1. The lowest BCUT2D eigenvalue weighted by molar-refractivity contribution is 0.0948. The fourth-order valence-corrected chi connectivity index (χ4v) is 2.22. The molecule has 128 valence electrons. The second-order valence-corrected chi connectivity index (χ2v) is 5.86. The molecule has 2 aromatic rings. The summed E-state index contributed by atoms with van der Waals surface area (Å²) in [5.41, 5.74) is 1.67. The number of rotatable bonds is 9. The summed E-state index contributed by atoms with van der Waals surface area (Å²) in [6.45, 7) is 2.29. The molecule has 0 spiro atoms. The third-order valence-corrected chi connectivity index (χ3v) is 3.54. The average Bonchev–Trinajstić information content (AvgIpc) is 2.59. The van der Waals surface area contributed by atoms with Gasteiger partial charge >= 0.3 is 0 Å². The van der Waals surface area contributed by atoms with Gasteiger partial charge in [0, 0.05) is 25.7 Å². The van der Waals surface area contributed by atoms with Crippen LogP contribution in [0.25, 0.3) is 0 Å². The fraction of sp³-hybridized carbons (Fsp3) is 0.389. The number of anilines is 1. The minimum absolute atomic E-state index is 0.166. The molecular formula is C18H25N5O. The maximum absolute atomic E-state index is 12.2. The molecule has 0 fully saturated rings. The van der Waals surface area contributed by atoms with Crippen molar-refractivity contribution in [1.82, 2.24) is 20.2 Å².